The monoisotopic (exact) mass is 628 g/mol. The number of allylic oxidation sites excluding steroid dienone is 2. The predicted octanol–water partition coefficient (Wildman–Crippen LogP) is 10.6. The van der Waals surface area contributed by atoms with Crippen molar-refractivity contribution >= 4 is 38.7 Å². The Morgan fingerprint density at radius 1 is 0.553 bits per heavy atom. The molecule has 0 aliphatic heterocycles. The number of hydrogen-bond donors (Lipinski definition) is 0. The average molecular weight is 631 g/mol. The second-order valence-electron chi connectivity index (χ2n) is 9.23. The summed E-state index contributed by atoms with van der Waals surface area (Å²) in [6.45, 7) is 4.64. The Balaban J connectivity index is 0.000000766. The standard InChI is InChI=1S/C32H26Si.2CH3.2ClH.Zr/c1-21-19-29-25(23-11-5-3-6-12-23)15-9-17-27(29)31(21)33-32-22(2)20-30-26(16-10-18-28(30)32)24-13-7-4-8-14-24;;;;;/h3-20,31-32H,1-2H3;2*1H3;2*1H;/q;2*-1;;;+4/p-2. The van der Waals surface area contributed by atoms with E-state index in [1.807, 2.05) is 0 Å². The first-order valence-electron chi connectivity index (χ1n) is 12.1. The van der Waals surface area contributed by atoms with Gasteiger partial charge in [0.15, 0.2) is 0 Å². The van der Waals surface area contributed by atoms with E-state index in [0.717, 1.165) is 9.52 Å². The Hall–Kier alpha value is -1.96. The fourth-order valence-electron chi connectivity index (χ4n) is 5.45. The van der Waals surface area contributed by atoms with Crippen LogP contribution < -0.4 is 0 Å². The molecule has 0 saturated carbocycles. The average Bonchev–Trinajstić information content (AvgIpc) is 3.41. The normalized spacial score (nSPS) is 16.3. The Kier molecular flexibility index (Phi) is 11.2. The molecule has 0 heterocycles. The van der Waals surface area contributed by atoms with E-state index < -0.39 is 20.8 Å². The summed E-state index contributed by atoms with van der Waals surface area (Å²) in [5.74, 6) is 0. The quantitative estimate of drug-likeness (QED) is 0.155. The summed E-state index contributed by atoms with van der Waals surface area (Å²) in [6.07, 6.45) is 4.87. The summed E-state index contributed by atoms with van der Waals surface area (Å²) >= 11 is -0.826. The van der Waals surface area contributed by atoms with Crippen LogP contribution >= 0.6 is 17.0 Å². The summed E-state index contributed by atoms with van der Waals surface area (Å²) in [7, 11) is 10.7. The van der Waals surface area contributed by atoms with Crippen LogP contribution in [0.25, 0.3) is 34.4 Å². The third-order valence-corrected chi connectivity index (χ3v) is 9.26. The molecule has 6 rings (SSSR count). The Bertz CT molecular complexity index is 1320. The van der Waals surface area contributed by atoms with Gasteiger partial charge in [-0.15, -0.1) is 0 Å². The Labute approximate surface area is 250 Å². The van der Waals surface area contributed by atoms with Crippen LogP contribution in [0.5, 0.6) is 0 Å². The number of benzene rings is 4. The van der Waals surface area contributed by atoms with E-state index in [1.54, 1.807) is 0 Å². The molecule has 2 atom stereocenters. The van der Waals surface area contributed by atoms with Crippen LogP contribution in [-0.2, 0) is 20.8 Å². The molecule has 0 saturated heterocycles. The summed E-state index contributed by atoms with van der Waals surface area (Å²) in [5, 5.41) is 0. The molecule has 0 nitrogen and oxygen atoms in total. The Morgan fingerprint density at radius 3 is 1.29 bits per heavy atom. The van der Waals surface area contributed by atoms with Crippen molar-refractivity contribution in [1.29, 1.82) is 0 Å². The zero-order valence-corrected chi connectivity index (χ0v) is 27.3. The number of fused-ring (bicyclic) bond motifs is 2. The van der Waals surface area contributed by atoms with Crippen molar-refractivity contribution < 1.29 is 20.8 Å². The van der Waals surface area contributed by atoms with Gasteiger partial charge in [0, 0.05) is 0 Å². The Morgan fingerprint density at radius 2 is 0.921 bits per heavy atom. The van der Waals surface area contributed by atoms with Gasteiger partial charge < -0.3 is 14.9 Å². The molecule has 2 aliphatic carbocycles. The van der Waals surface area contributed by atoms with Crippen molar-refractivity contribution in [1.82, 2.24) is 0 Å². The van der Waals surface area contributed by atoms with E-state index in [1.165, 1.54) is 55.7 Å². The SMILES string of the molecule is CC1=Cc2c(-c3ccccc3)cccc2C1[Si]C1C(C)=Cc2c(-c3ccccc3)cccc21.[CH3-].[CH3-].[Cl][Zr+2][Cl]. The van der Waals surface area contributed by atoms with Gasteiger partial charge in [-0.1, -0.05) is 120 Å². The summed E-state index contributed by atoms with van der Waals surface area (Å²) in [5.41, 5.74) is 15.1. The molecule has 2 radical (unpaired) electrons. The minimum atomic E-state index is -0.826. The second kappa shape index (κ2) is 13.9. The van der Waals surface area contributed by atoms with Crippen LogP contribution in [0.2, 0.25) is 0 Å². The minimum absolute atomic E-state index is 0. The van der Waals surface area contributed by atoms with Crippen LogP contribution in [0, 0.1) is 14.9 Å². The van der Waals surface area contributed by atoms with Crippen LogP contribution in [0.1, 0.15) is 47.2 Å². The van der Waals surface area contributed by atoms with E-state index in [4.69, 9.17) is 17.0 Å². The second-order valence-corrected chi connectivity index (χ2v) is 14.4. The van der Waals surface area contributed by atoms with Crippen molar-refractivity contribution in [3.63, 3.8) is 0 Å². The molecular weight excluding hydrogens is 599 g/mol. The van der Waals surface area contributed by atoms with E-state index in [0.29, 0.717) is 11.1 Å². The van der Waals surface area contributed by atoms with Crippen LogP contribution in [0.3, 0.4) is 0 Å². The zero-order chi connectivity index (χ0) is 25.1. The first kappa shape index (κ1) is 30.6. The van der Waals surface area contributed by atoms with Gasteiger partial charge in [0.05, 0.1) is 9.52 Å². The summed E-state index contributed by atoms with van der Waals surface area (Å²) in [6, 6.07) is 35.3. The van der Waals surface area contributed by atoms with Crippen LogP contribution in [0.15, 0.2) is 108 Å². The third kappa shape index (κ3) is 6.10. The van der Waals surface area contributed by atoms with Gasteiger partial charge in [0.25, 0.3) is 0 Å². The van der Waals surface area contributed by atoms with E-state index in [2.05, 4.69) is 123 Å². The predicted molar refractivity (Wildman–Crippen MR) is 167 cm³/mol. The molecule has 0 N–H and O–H groups in total. The fraction of sp³-hybridized carbons (Fsp3) is 0.118. The molecule has 2 unspecified atom stereocenters. The molecule has 2 aliphatic rings. The van der Waals surface area contributed by atoms with E-state index >= 15 is 0 Å². The first-order valence-corrected chi connectivity index (χ1v) is 19.6. The molecule has 0 bridgehead atoms. The van der Waals surface area contributed by atoms with Crippen LogP contribution in [-0.4, -0.2) is 9.52 Å². The number of rotatable bonds is 4. The van der Waals surface area contributed by atoms with Gasteiger partial charge in [-0.25, -0.2) is 0 Å². The molecule has 4 aromatic carbocycles. The zero-order valence-electron chi connectivity index (χ0n) is 22.3. The molecule has 0 aromatic heterocycles. The molecule has 0 amide bonds. The van der Waals surface area contributed by atoms with Gasteiger partial charge in [0.1, 0.15) is 0 Å². The fourth-order valence-corrected chi connectivity index (χ4v) is 7.34. The molecule has 0 fully saturated rings. The van der Waals surface area contributed by atoms with Crippen molar-refractivity contribution in [2.75, 3.05) is 0 Å². The summed E-state index contributed by atoms with van der Waals surface area (Å²) in [4.78, 5) is 0. The molecule has 38 heavy (non-hydrogen) atoms. The van der Waals surface area contributed by atoms with Crippen molar-refractivity contribution in [2.45, 2.75) is 24.9 Å². The third-order valence-electron chi connectivity index (χ3n) is 7.06. The van der Waals surface area contributed by atoms with Crippen molar-refractivity contribution in [3.8, 4) is 22.3 Å². The van der Waals surface area contributed by atoms with Gasteiger partial charge in [-0.05, 0) is 69.4 Å². The van der Waals surface area contributed by atoms with Crippen molar-refractivity contribution in [3.05, 3.63) is 145 Å². The number of hydrogen-bond acceptors (Lipinski definition) is 0. The molecule has 190 valence electrons. The van der Waals surface area contributed by atoms with E-state index in [-0.39, 0.29) is 14.9 Å². The van der Waals surface area contributed by atoms with Gasteiger partial charge in [0.2, 0.25) is 0 Å². The maximum atomic E-state index is 4.93. The molecule has 0 spiro atoms. The number of halogens is 2. The molecule has 4 heteroatoms. The summed E-state index contributed by atoms with van der Waals surface area (Å²) < 4.78 is 0. The van der Waals surface area contributed by atoms with Gasteiger partial charge >= 0.3 is 37.9 Å². The topological polar surface area (TPSA) is 0 Å². The van der Waals surface area contributed by atoms with Crippen LogP contribution in [0.4, 0.5) is 0 Å². The maximum absolute atomic E-state index is 4.93. The van der Waals surface area contributed by atoms with Gasteiger partial charge in [-0.3, -0.25) is 0 Å². The first-order chi connectivity index (χ1) is 17.6. The molecule has 4 aromatic rings. The van der Waals surface area contributed by atoms with E-state index in [9.17, 15) is 0 Å². The molecular formula is C34H32Cl2SiZr. The van der Waals surface area contributed by atoms with Crippen molar-refractivity contribution in [2.24, 2.45) is 0 Å². The van der Waals surface area contributed by atoms with Gasteiger partial charge in [-0.2, -0.15) is 0 Å².